The number of ether oxygens (including phenoxy) is 1. The standard InChI is InChI=1S/C9H13NO3S/c1-6(11)8-5-10-9(14-8)7(12)3-4-13-2/h5,7,12H,3-4H2,1-2H3. The minimum absolute atomic E-state index is 0.0207. The Kier molecular flexibility index (Phi) is 4.19. The van der Waals surface area contributed by atoms with Crippen molar-refractivity contribution in [3.63, 3.8) is 0 Å². The molecule has 1 atom stereocenters. The Morgan fingerprint density at radius 3 is 3.00 bits per heavy atom. The third kappa shape index (κ3) is 2.87. The Hall–Kier alpha value is -0.780. The Morgan fingerprint density at radius 2 is 2.50 bits per heavy atom. The van der Waals surface area contributed by atoms with E-state index >= 15 is 0 Å². The Bertz CT molecular complexity index is 311. The summed E-state index contributed by atoms with van der Waals surface area (Å²) in [6.07, 6.45) is 1.37. The highest BCUT2D eigenvalue weighted by molar-refractivity contribution is 7.13. The summed E-state index contributed by atoms with van der Waals surface area (Å²) in [6.45, 7) is 1.97. The zero-order chi connectivity index (χ0) is 10.6. The number of aliphatic hydroxyl groups is 1. The van der Waals surface area contributed by atoms with Crippen LogP contribution in [0.25, 0.3) is 0 Å². The molecular weight excluding hydrogens is 202 g/mol. The fourth-order valence-corrected chi connectivity index (χ4v) is 1.79. The molecule has 1 N–H and O–H groups in total. The summed E-state index contributed by atoms with van der Waals surface area (Å²) in [5.74, 6) is -0.0207. The fraction of sp³-hybridized carbons (Fsp3) is 0.556. The summed E-state index contributed by atoms with van der Waals surface area (Å²) in [4.78, 5) is 15.5. The van der Waals surface area contributed by atoms with Gasteiger partial charge in [0.05, 0.1) is 4.88 Å². The van der Waals surface area contributed by atoms with Gasteiger partial charge in [0.15, 0.2) is 5.78 Å². The van der Waals surface area contributed by atoms with Gasteiger partial charge in [-0.3, -0.25) is 4.79 Å². The lowest BCUT2D eigenvalue weighted by Crippen LogP contribution is -2.00. The van der Waals surface area contributed by atoms with Crippen LogP contribution in [0.2, 0.25) is 0 Å². The molecular formula is C9H13NO3S. The predicted octanol–water partition coefficient (Wildman–Crippen LogP) is 1.42. The molecule has 0 spiro atoms. The number of carbonyl (C=O) groups excluding carboxylic acids is 1. The van der Waals surface area contributed by atoms with E-state index in [4.69, 9.17) is 4.74 Å². The maximum Gasteiger partial charge on any atom is 0.171 e. The number of hydrogen-bond donors (Lipinski definition) is 1. The van der Waals surface area contributed by atoms with E-state index in [1.807, 2.05) is 0 Å². The lowest BCUT2D eigenvalue weighted by atomic mass is 10.3. The lowest BCUT2D eigenvalue weighted by molar-refractivity contribution is 0.102. The second-order valence-electron chi connectivity index (χ2n) is 2.92. The van der Waals surface area contributed by atoms with Crippen molar-refractivity contribution < 1.29 is 14.6 Å². The molecule has 0 saturated heterocycles. The number of ketones is 1. The van der Waals surface area contributed by atoms with E-state index in [-0.39, 0.29) is 5.78 Å². The van der Waals surface area contributed by atoms with Gasteiger partial charge >= 0.3 is 0 Å². The molecule has 0 aliphatic rings. The number of aromatic nitrogens is 1. The number of aliphatic hydroxyl groups excluding tert-OH is 1. The first-order valence-electron chi connectivity index (χ1n) is 4.28. The van der Waals surface area contributed by atoms with Crippen LogP contribution >= 0.6 is 11.3 Å². The smallest absolute Gasteiger partial charge is 0.171 e. The summed E-state index contributed by atoms with van der Waals surface area (Å²) < 4.78 is 4.84. The molecule has 0 aromatic carbocycles. The average Bonchev–Trinajstić information content (AvgIpc) is 2.62. The number of carbonyl (C=O) groups is 1. The van der Waals surface area contributed by atoms with Crippen LogP contribution in [0.1, 0.15) is 34.1 Å². The van der Waals surface area contributed by atoms with E-state index in [1.165, 1.54) is 24.5 Å². The second-order valence-corrected chi connectivity index (χ2v) is 3.98. The van der Waals surface area contributed by atoms with Crippen LogP contribution in [0, 0.1) is 0 Å². The third-order valence-corrected chi connectivity index (χ3v) is 2.95. The quantitative estimate of drug-likeness (QED) is 0.754. The van der Waals surface area contributed by atoms with Crippen molar-refractivity contribution in [3.05, 3.63) is 16.1 Å². The van der Waals surface area contributed by atoms with Gasteiger partial charge in [-0.1, -0.05) is 0 Å². The van der Waals surface area contributed by atoms with Crippen LogP contribution in [0.5, 0.6) is 0 Å². The molecule has 0 amide bonds. The van der Waals surface area contributed by atoms with Crippen LogP contribution in [0.4, 0.5) is 0 Å². The number of nitrogens with zero attached hydrogens (tertiary/aromatic N) is 1. The van der Waals surface area contributed by atoms with Gasteiger partial charge in [-0.2, -0.15) is 0 Å². The molecule has 0 bridgehead atoms. The summed E-state index contributed by atoms with van der Waals surface area (Å²) >= 11 is 1.23. The van der Waals surface area contributed by atoms with Gasteiger partial charge in [-0.15, -0.1) is 11.3 Å². The van der Waals surface area contributed by atoms with Crippen molar-refractivity contribution in [3.8, 4) is 0 Å². The number of methoxy groups -OCH3 is 1. The van der Waals surface area contributed by atoms with Gasteiger partial charge in [0, 0.05) is 33.3 Å². The van der Waals surface area contributed by atoms with Crippen molar-refractivity contribution in [2.45, 2.75) is 19.4 Å². The second kappa shape index (κ2) is 5.19. The monoisotopic (exact) mass is 215 g/mol. The molecule has 1 unspecified atom stereocenters. The van der Waals surface area contributed by atoms with E-state index in [9.17, 15) is 9.90 Å². The summed E-state index contributed by atoms with van der Waals surface area (Å²) in [5.41, 5.74) is 0. The van der Waals surface area contributed by atoms with E-state index in [0.29, 0.717) is 22.9 Å². The van der Waals surface area contributed by atoms with Gasteiger partial charge in [0.2, 0.25) is 0 Å². The number of hydrogen-bond acceptors (Lipinski definition) is 5. The van der Waals surface area contributed by atoms with Crippen molar-refractivity contribution in [1.82, 2.24) is 4.98 Å². The molecule has 5 heteroatoms. The number of Topliss-reactive ketones (excluding diaryl/α,β-unsaturated/α-hetero) is 1. The molecule has 1 heterocycles. The highest BCUT2D eigenvalue weighted by Crippen LogP contribution is 2.22. The largest absolute Gasteiger partial charge is 0.386 e. The first-order valence-corrected chi connectivity index (χ1v) is 5.10. The highest BCUT2D eigenvalue weighted by atomic mass is 32.1. The van der Waals surface area contributed by atoms with Gasteiger partial charge in [-0.25, -0.2) is 4.98 Å². The first kappa shape index (κ1) is 11.3. The number of thiazole rings is 1. The SMILES string of the molecule is COCCC(O)c1ncc(C(C)=O)s1. The minimum Gasteiger partial charge on any atom is -0.386 e. The maximum atomic E-state index is 11.0. The van der Waals surface area contributed by atoms with E-state index in [1.54, 1.807) is 7.11 Å². The molecule has 14 heavy (non-hydrogen) atoms. The van der Waals surface area contributed by atoms with Crippen LogP contribution in [-0.4, -0.2) is 29.6 Å². The zero-order valence-corrected chi connectivity index (χ0v) is 9.00. The Morgan fingerprint density at radius 1 is 1.79 bits per heavy atom. The van der Waals surface area contributed by atoms with Crippen molar-refractivity contribution in [2.24, 2.45) is 0 Å². The van der Waals surface area contributed by atoms with Gasteiger partial charge in [-0.05, 0) is 0 Å². The number of rotatable bonds is 5. The summed E-state index contributed by atoms with van der Waals surface area (Å²) in [7, 11) is 1.58. The van der Waals surface area contributed by atoms with Crippen LogP contribution in [0.15, 0.2) is 6.20 Å². The average molecular weight is 215 g/mol. The summed E-state index contributed by atoms with van der Waals surface area (Å²) in [5, 5.41) is 10.2. The third-order valence-electron chi connectivity index (χ3n) is 1.75. The zero-order valence-electron chi connectivity index (χ0n) is 8.19. The molecule has 1 rings (SSSR count). The van der Waals surface area contributed by atoms with Crippen LogP contribution < -0.4 is 0 Å². The summed E-state index contributed by atoms with van der Waals surface area (Å²) in [6, 6.07) is 0. The molecule has 0 aliphatic carbocycles. The van der Waals surface area contributed by atoms with E-state index in [0.717, 1.165) is 0 Å². The Balaban J connectivity index is 2.61. The molecule has 1 aromatic rings. The molecule has 0 fully saturated rings. The van der Waals surface area contributed by atoms with Gasteiger partial charge in [0.25, 0.3) is 0 Å². The predicted molar refractivity (Wildman–Crippen MR) is 53.6 cm³/mol. The minimum atomic E-state index is -0.631. The Labute approximate surface area is 86.6 Å². The molecule has 0 saturated carbocycles. The van der Waals surface area contributed by atoms with Crippen molar-refractivity contribution in [1.29, 1.82) is 0 Å². The molecule has 4 nitrogen and oxygen atoms in total. The normalized spacial score (nSPS) is 12.8. The van der Waals surface area contributed by atoms with Crippen molar-refractivity contribution in [2.75, 3.05) is 13.7 Å². The molecule has 0 aliphatic heterocycles. The maximum absolute atomic E-state index is 11.0. The van der Waals surface area contributed by atoms with Crippen LogP contribution in [0.3, 0.4) is 0 Å². The van der Waals surface area contributed by atoms with Gasteiger partial charge < -0.3 is 9.84 Å². The molecule has 1 aromatic heterocycles. The molecule has 78 valence electrons. The molecule has 0 radical (unpaired) electrons. The van der Waals surface area contributed by atoms with Gasteiger partial charge in [0.1, 0.15) is 11.1 Å². The fourth-order valence-electron chi connectivity index (χ4n) is 0.957. The lowest BCUT2D eigenvalue weighted by Gasteiger charge is -2.04. The highest BCUT2D eigenvalue weighted by Gasteiger charge is 2.13. The van der Waals surface area contributed by atoms with Crippen LogP contribution in [-0.2, 0) is 4.74 Å². The van der Waals surface area contributed by atoms with E-state index < -0.39 is 6.10 Å². The first-order chi connectivity index (χ1) is 6.65. The van der Waals surface area contributed by atoms with E-state index in [2.05, 4.69) is 4.98 Å². The topological polar surface area (TPSA) is 59.4 Å². The van der Waals surface area contributed by atoms with Crippen molar-refractivity contribution >= 4 is 17.1 Å².